The van der Waals surface area contributed by atoms with Crippen molar-refractivity contribution >= 4 is 11.9 Å². The molecule has 0 heterocycles. The molecule has 2 unspecified atom stereocenters. The highest BCUT2D eigenvalue weighted by Crippen LogP contribution is 2.20. The van der Waals surface area contributed by atoms with Gasteiger partial charge in [-0.1, -0.05) is 392 Å². The molecule has 6 heteroatoms. The molecule has 0 aliphatic heterocycles. The van der Waals surface area contributed by atoms with Gasteiger partial charge >= 0.3 is 5.97 Å². The summed E-state index contributed by atoms with van der Waals surface area (Å²) in [6.07, 6.45) is 87.3. The van der Waals surface area contributed by atoms with E-state index in [0.29, 0.717) is 19.4 Å². The molecule has 0 aliphatic rings. The number of ether oxygens (including phenoxy) is 1. The predicted octanol–water partition coefficient (Wildman–Crippen LogP) is 23.9. The van der Waals surface area contributed by atoms with E-state index in [9.17, 15) is 19.8 Å². The molecule has 0 rings (SSSR count). The van der Waals surface area contributed by atoms with Crippen LogP contribution in [-0.2, 0) is 14.3 Å². The Balaban J connectivity index is 3.39. The molecule has 0 saturated heterocycles. The Morgan fingerprint density at radius 3 is 0.850 bits per heavy atom. The van der Waals surface area contributed by atoms with Crippen LogP contribution in [0.25, 0.3) is 0 Å². The zero-order valence-electron chi connectivity index (χ0n) is 54.6. The van der Waals surface area contributed by atoms with Crippen molar-refractivity contribution in [3.63, 3.8) is 0 Å². The number of amides is 1. The van der Waals surface area contributed by atoms with Gasteiger partial charge in [0.2, 0.25) is 5.91 Å². The lowest BCUT2D eigenvalue weighted by molar-refractivity contribution is -0.143. The molecule has 476 valence electrons. The molecule has 6 nitrogen and oxygen atoms in total. The van der Waals surface area contributed by atoms with E-state index >= 15 is 0 Å². The first-order valence-corrected chi connectivity index (χ1v) is 37.0. The Morgan fingerprint density at radius 1 is 0.338 bits per heavy atom. The fraction of sp³-hybridized carbons (Fsp3) is 0.946. The SMILES string of the molecule is CCCCCCCCCCCCCCCCCCCCCCCCC/C=C/C(O)C(CO)NC(=O)CCCCCCCCCCCCCCCCCCCCCCCCOC(=O)CCCCCCCCCCCCCCCCCC. The Labute approximate surface area is 501 Å². The van der Waals surface area contributed by atoms with Crippen molar-refractivity contribution in [3.8, 4) is 0 Å². The molecular weight excluding hydrogens is 983 g/mol. The standard InChI is InChI=1S/C74H145NO5/c1-3-5-7-9-11-13-15-17-19-21-22-23-24-25-26-29-32-35-38-42-46-50-54-58-62-66-72(77)71(70-76)75-73(78)67-63-59-55-51-47-43-39-36-33-30-27-28-31-34-37-41-45-49-53-57-61-65-69-80-74(79)68-64-60-56-52-48-44-40-20-18-16-14-12-10-8-6-4-2/h62,66,71-72,76-77H,3-61,63-65,67-70H2,1-2H3,(H,75,78)/b66-62+. The molecule has 0 saturated carbocycles. The van der Waals surface area contributed by atoms with Gasteiger partial charge in [-0.2, -0.15) is 0 Å². The van der Waals surface area contributed by atoms with Gasteiger partial charge in [0.25, 0.3) is 0 Å². The van der Waals surface area contributed by atoms with Crippen LogP contribution >= 0.6 is 0 Å². The zero-order valence-corrected chi connectivity index (χ0v) is 54.6. The monoisotopic (exact) mass is 1130 g/mol. The van der Waals surface area contributed by atoms with Crippen LogP contribution in [-0.4, -0.2) is 47.4 Å². The number of carbonyl (C=O) groups excluding carboxylic acids is 2. The Hall–Kier alpha value is -1.40. The first kappa shape index (κ1) is 78.6. The number of allylic oxidation sites excluding steroid dienone is 1. The summed E-state index contributed by atoms with van der Waals surface area (Å²) >= 11 is 0. The van der Waals surface area contributed by atoms with E-state index in [2.05, 4.69) is 19.2 Å². The number of nitrogens with one attached hydrogen (secondary N) is 1. The number of aliphatic hydroxyl groups excluding tert-OH is 2. The average Bonchev–Trinajstić information content (AvgIpc) is 3.46. The molecule has 0 aromatic carbocycles. The topological polar surface area (TPSA) is 95.9 Å². The van der Waals surface area contributed by atoms with Gasteiger partial charge in [0.05, 0.1) is 25.4 Å². The van der Waals surface area contributed by atoms with Gasteiger partial charge < -0.3 is 20.3 Å². The Bertz CT molecular complexity index is 1210. The molecular formula is C74H145NO5. The van der Waals surface area contributed by atoms with E-state index in [-0.39, 0.29) is 18.5 Å². The van der Waals surface area contributed by atoms with Crippen LogP contribution in [0.4, 0.5) is 0 Å². The second-order valence-corrected chi connectivity index (χ2v) is 25.6. The normalized spacial score (nSPS) is 12.5. The van der Waals surface area contributed by atoms with Gasteiger partial charge in [0.15, 0.2) is 0 Å². The van der Waals surface area contributed by atoms with Crippen molar-refractivity contribution in [1.29, 1.82) is 0 Å². The lowest BCUT2D eigenvalue weighted by atomic mass is 10.0. The second kappa shape index (κ2) is 70.1. The van der Waals surface area contributed by atoms with E-state index in [4.69, 9.17) is 4.74 Å². The van der Waals surface area contributed by atoms with E-state index in [0.717, 1.165) is 38.5 Å². The van der Waals surface area contributed by atoms with Gasteiger partial charge in [-0.15, -0.1) is 0 Å². The number of esters is 1. The minimum absolute atomic E-state index is 0.0176. The first-order chi connectivity index (χ1) is 39.5. The van der Waals surface area contributed by atoms with E-state index < -0.39 is 12.1 Å². The Kier molecular flexibility index (Phi) is 68.9. The zero-order chi connectivity index (χ0) is 57.8. The molecule has 0 radical (unpaired) electrons. The summed E-state index contributed by atoms with van der Waals surface area (Å²) in [6, 6.07) is -0.629. The summed E-state index contributed by atoms with van der Waals surface area (Å²) in [7, 11) is 0. The first-order valence-electron chi connectivity index (χ1n) is 37.0. The highest BCUT2D eigenvalue weighted by atomic mass is 16.5. The third-order valence-electron chi connectivity index (χ3n) is 17.6. The van der Waals surface area contributed by atoms with Crippen LogP contribution < -0.4 is 5.32 Å². The molecule has 0 aliphatic carbocycles. The van der Waals surface area contributed by atoms with Gasteiger partial charge in [0.1, 0.15) is 0 Å². The largest absolute Gasteiger partial charge is 0.466 e. The predicted molar refractivity (Wildman–Crippen MR) is 352 cm³/mol. The van der Waals surface area contributed by atoms with Crippen molar-refractivity contribution in [3.05, 3.63) is 12.2 Å². The van der Waals surface area contributed by atoms with Crippen molar-refractivity contribution in [2.24, 2.45) is 0 Å². The highest BCUT2D eigenvalue weighted by Gasteiger charge is 2.18. The lowest BCUT2D eigenvalue weighted by Crippen LogP contribution is -2.45. The summed E-state index contributed by atoms with van der Waals surface area (Å²) in [6.45, 7) is 4.96. The number of rotatable bonds is 70. The molecule has 0 aromatic rings. The van der Waals surface area contributed by atoms with E-state index in [1.807, 2.05) is 6.08 Å². The molecule has 80 heavy (non-hydrogen) atoms. The summed E-state index contributed by atoms with van der Waals surface area (Å²) < 4.78 is 5.50. The number of aliphatic hydroxyl groups is 2. The molecule has 1 amide bonds. The van der Waals surface area contributed by atoms with Gasteiger partial charge in [0, 0.05) is 12.8 Å². The summed E-state index contributed by atoms with van der Waals surface area (Å²) in [5.74, 6) is -0.0450. The van der Waals surface area contributed by atoms with Crippen LogP contribution in [0.5, 0.6) is 0 Å². The van der Waals surface area contributed by atoms with Crippen molar-refractivity contribution in [2.75, 3.05) is 13.2 Å². The quantitative estimate of drug-likeness (QED) is 0.0320. The number of unbranched alkanes of at least 4 members (excludes halogenated alkanes) is 59. The molecule has 2 atom stereocenters. The van der Waals surface area contributed by atoms with Crippen LogP contribution in [0.2, 0.25) is 0 Å². The smallest absolute Gasteiger partial charge is 0.305 e. The molecule has 0 aromatic heterocycles. The average molecular weight is 1130 g/mol. The fourth-order valence-corrected chi connectivity index (χ4v) is 11.9. The van der Waals surface area contributed by atoms with E-state index in [1.54, 1.807) is 6.08 Å². The summed E-state index contributed by atoms with van der Waals surface area (Å²) in [5, 5.41) is 23.3. The van der Waals surface area contributed by atoms with Crippen LogP contribution in [0, 0.1) is 0 Å². The van der Waals surface area contributed by atoms with Crippen LogP contribution in [0.3, 0.4) is 0 Å². The highest BCUT2D eigenvalue weighted by molar-refractivity contribution is 5.76. The third kappa shape index (κ3) is 65.7. The second-order valence-electron chi connectivity index (χ2n) is 25.6. The molecule has 0 spiro atoms. The number of carbonyl (C=O) groups is 2. The van der Waals surface area contributed by atoms with Gasteiger partial charge in [-0.3, -0.25) is 9.59 Å². The van der Waals surface area contributed by atoms with Crippen molar-refractivity contribution < 1.29 is 24.5 Å². The van der Waals surface area contributed by atoms with E-state index in [1.165, 1.54) is 360 Å². The van der Waals surface area contributed by atoms with Gasteiger partial charge in [-0.25, -0.2) is 0 Å². The van der Waals surface area contributed by atoms with Crippen LogP contribution in [0.15, 0.2) is 12.2 Å². The lowest BCUT2D eigenvalue weighted by Gasteiger charge is -2.20. The summed E-state index contributed by atoms with van der Waals surface area (Å²) in [5.41, 5.74) is 0. The molecule has 0 bridgehead atoms. The minimum Gasteiger partial charge on any atom is -0.466 e. The minimum atomic E-state index is -0.846. The summed E-state index contributed by atoms with van der Waals surface area (Å²) in [4.78, 5) is 24.6. The maximum Gasteiger partial charge on any atom is 0.305 e. The maximum absolute atomic E-state index is 12.5. The molecule has 3 N–H and O–H groups in total. The van der Waals surface area contributed by atoms with Crippen molar-refractivity contribution in [1.82, 2.24) is 5.32 Å². The number of hydrogen-bond donors (Lipinski definition) is 3. The van der Waals surface area contributed by atoms with Crippen molar-refractivity contribution in [2.45, 2.75) is 437 Å². The van der Waals surface area contributed by atoms with Crippen LogP contribution in [0.1, 0.15) is 425 Å². The number of hydrogen-bond acceptors (Lipinski definition) is 5. The molecule has 0 fully saturated rings. The Morgan fingerprint density at radius 2 is 0.575 bits per heavy atom. The fourth-order valence-electron chi connectivity index (χ4n) is 11.9. The maximum atomic E-state index is 12.5. The third-order valence-corrected chi connectivity index (χ3v) is 17.6. The van der Waals surface area contributed by atoms with Gasteiger partial charge in [-0.05, 0) is 32.1 Å².